The van der Waals surface area contributed by atoms with Gasteiger partial charge in [0, 0.05) is 12.5 Å². The van der Waals surface area contributed by atoms with E-state index in [0.717, 1.165) is 0 Å². The van der Waals surface area contributed by atoms with Crippen molar-refractivity contribution < 1.29 is 14.7 Å². The van der Waals surface area contributed by atoms with Crippen molar-refractivity contribution in [3.05, 3.63) is 0 Å². The number of carbonyl (C=O) groups excluding carboxylic acids is 1. The smallest absolute Gasteiger partial charge is 0.323 e. The number of nitrogens with zero attached hydrogens (tertiary/aromatic N) is 1. The van der Waals surface area contributed by atoms with Crippen molar-refractivity contribution >= 4 is 11.9 Å². The van der Waals surface area contributed by atoms with Gasteiger partial charge in [0.2, 0.25) is 5.91 Å². The molecule has 14 heavy (non-hydrogen) atoms. The molecular weight excluding hydrogens is 182 g/mol. The molecule has 0 saturated heterocycles. The van der Waals surface area contributed by atoms with Crippen molar-refractivity contribution in [2.75, 3.05) is 13.1 Å². The molecule has 0 rings (SSSR count). The van der Waals surface area contributed by atoms with Gasteiger partial charge in [-0.3, -0.25) is 9.59 Å². The van der Waals surface area contributed by atoms with Crippen LogP contribution in [0, 0.1) is 11.8 Å². The number of carboxylic acid groups (broad SMARTS) is 1. The average molecular weight is 201 g/mol. The second-order valence-electron chi connectivity index (χ2n) is 3.78. The zero-order valence-corrected chi connectivity index (χ0v) is 9.28. The van der Waals surface area contributed by atoms with Crippen molar-refractivity contribution in [3.8, 4) is 0 Å². The van der Waals surface area contributed by atoms with Crippen molar-refractivity contribution in [1.29, 1.82) is 0 Å². The normalized spacial score (nSPS) is 12.6. The quantitative estimate of drug-likeness (QED) is 0.727. The van der Waals surface area contributed by atoms with Crippen LogP contribution in [0.25, 0.3) is 0 Å². The summed E-state index contributed by atoms with van der Waals surface area (Å²) in [6, 6.07) is 0. The van der Waals surface area contributed by atoms with Crippen LogP contribution in [-0.2, 0) is 9.59 Å². The summed E-state index contributed by atoms with van der Waals surface area (Å²) >= 11 is 0. The summed E-state index contributed by atoms with van der Waals surface area (Å²) in [5.74, 6) is -0.916. The fourth-order valence-corrected chi connectivity index (χ4v) is 1.08. The summed E-state index contributed by atoms with van der Waals surface area (Å²) in [5, 5.41) is 8.59. The van der Waals surface area contributed by atoms with E-state index in [9.17, 15) is 9.59 Å². The molecule has 4 nitrogen and oxygen atoms in total. The minimum Gasteiger partial charge on any atom is -0.480 e. The third-order valence-corrected chi connectivity index (χ3v) is 2.41. The van der Waals surface area contributed by atoms with Crippen LogP contribution in [0.3, 0.4) is 0 Å². The fraction of sp³-hybridized carbons (Fsp3) is 0.800. The molecule has 0 aromatic heterocycles. The maximum atomic E-state index is 11.7. The standard InChI is InChI=1S/C10H19NO3/c1-5-11(6-9(12)13)10(14)8(4)7(2)3/h7-8H,5-6H2,1-4H3,(H,12,13). The molecule has 0 heterocycles. The number of aliphatic carboxylic acids is 1. The SMILES string of the molecule is CCN(CC(=O)O)C(=O)C(C)C(C)C. The molecule has 0 spiro atoms. The van der Waals surface area contributed by atoms with E-state index in [2.05, 4.69) is 0 Å². The van der Waals surface area contributed by atoms with Gasteiger partial charge in [0.05, 0.1) is 0 Å². The largest absolute Gasteiger partial charge is 0.480 e. The lowest BCUT2D eigenvalue weighted by Gasteiger charge is -2.24. The first-order chi connectivity index (χ1) is 6.40. The van der Waals surface area contributed by atoms with Crippen LogP contribution in [0.5, 0.6) is 0 Å². The van der Waals surface area contributed by atoms with Gasteiger partial charge in [-0.2, -0.15) is 0 Å². The van der Waals surface area contributed by atoms with Gasteiger partial charge in [0.25, 0.3) is 0 Å². The van der Waals surface area contributed by atoms with Gasteiger partial charge in [-0.15, -0.1) is 0 Å². The van der Waals surface area contributed by atoms with Crippen molar-refractivity contribution in [2.24, 2.45) is 11.8 Å². The van der Waals surface area contributed by atoms with Crippen LogP contribution >= 0.6 is 0 Å². The fourth-order valence-electron chi connectivity index (χ4n) is 1.08. The number of amides is 1. The average Bonchev–Trinajstić information content (AvgIpc) is 2.11. The van der Waals surface area contributed by atoms with E-state index in [4.69, 9.17) is 5.11 Å². The van der Waals surface area contributed by atoms with Gasteiger partial charge >= 0.3 is 5.97 Å². The van der Waals surface area contributed by atoms with Gasteiger partial charge in [0.1, 0.15) is 6.54 Å². The Labute approximate surface area is 84.9 Å². The zero-order chi connectivity index (χ0) is 11.3. The lowest BCUT2D eigenvalue weighted by atomic mass is 9.96. The lowest BCUT2D eigenvalue weighted by Crippen LogP contribution is -2.40. The Bertz CT molecular complexity index is 213. The van der Waals surface area contributed by atoms with E-state index < -0.39 is 5.97 Å². The number of hydrogen-bond acceptors (Lipinski definition) is 2. The molecular formula is C10H19NO3. The highest BCUT2D eigenvalue weighted by molar-refractivity contribution is 5.82. The highest BCUT2D eigenvalue weighted by Gasteiger charge is 2.23. The Morgan fingerprint density at radius 3 is 2.07 bits per heavy atom. The van der Waals surface area contributed by atoms with Crippen LogP contribution in [0.2, 0.25) is 0 Å². The maximum Gasteiger partial charge on any atom is 0.323 e. The topological polar surface area (TPSA) is 57.6 Å². The predicted molar refractivity (Wildman–Crippen MR) is 53.9 cm³/mol. The Morgan fingerprint density at radius 2 is 1.79 bits per heavy atom. The van der Waals surface area contributed by atoms with E-state index in [0.29, 0.717) is 6.54 Å². The molecule has 1 N–H and O–H groups in total. The molecule has 82 valence electrons. The zero-order valence-electron chi connectivity index (χ0n) is 9.28. The molecule has 0 aromatic rings. The molecule has 1 amide bonds. The van der Waals surface area contributed by atoms with Crippen LogP contribution < -0.4 is 0 Å². The van der Waals surface area contributed by atoms with Crippen LogP contribution in [-0.4, -0.2) is 35.0 Å². The maximum absolute atomic E-state index is 11.7. The molecule has 0 bridgehead atoms. The highest BCUT2D eigenvalue weighted by atomic mass is 16.4. The number of likely N-dealkylation sites (N-methyl/N-ethyl adjacent to an activating group) is 1. The Kier molecular flexibility index (Phi) is 5.20. The Hall–Kier alpha value is -1.06. The number of hydrogen-bond donors (Lipinski definition) is 1. The number of carbonyl (C=O) groups is 2. The van der Waals surface area contributed by atoms with Crippen LogP contribution in [0.15, 0.2) is 0 Å². The van der Waals surface area contributed by atoms with Crippen LogP contribution in [0.1, 0.15) is 27.7 Å². The molecule has 1 atom stereocenters. The number of rotatable bonds is 5. The molecule has 0 aliphatic heterocycles. The molecule has 1 unspecified atom stereocenters. The first kappa shape index (κ1) is 12.9. The summed E-state index contributed by atoms with van der Waals surface area (Å²) in [7, 11) is 0. The second-order valence-corrected chi connectivity index (χ2v) is 3.78. The molecule has 0 aromatic carbocycles. The molecule has 0 aliphatic rings. The summed E-state index contributed by atoms with van der Waals surface area (Å²) in [5.41, 5.74) is 0. The third-order valence-electron chi connectivity index (χ3n) is 2.41. The molecule has 0 fully saturated rings. The van der Waals surface area contributed by atoms with E-state index in [-0.39, 0.29) is 24.3 Å². The minimum absolute atomic E-state index is 0.0788. The number of carboxylic acids is 1. The molecule has 4 heteroatoms. The Morgan fingerprint density at radius 1 is 1.29 bits per heavy atom. The van der Waals surface area contributed by atoms with Crippen molar-refractivity contribution in [1.82, 2.24) is 4.90 Å². The van der Waals surface area contributed by atoms with E-state index >= 15 is 0 Å². The van der Waals surface area contributed by atoms with Gasteiger partial charge in [-0.25, -0.2) is 0 Å². The summed E-state index contributed by atoms with van der Waals surface area (Å²) < 4.78 is 0. The third kappa shape index (κ3) is 3.77. The summed E-state index contributed by atoms with van der Waals surface area (Å²) in [6.07, 6.45) is 0. The van der Waals surface area contributed by atoms with Crippen molar-refractivity contribution in [3.63, 3.8) is 0 Å². The first-order valence-electron chi connectivity index (χ1n) is 4.90. The lowest BCUT2D eigenvalue weighted by molar-refractivity contribution is -0.146. The van der Waals surface area contributed by atoms with Gasteiger partial charge in [-0.1, -0.05) is 20.8 Å². The monoisotopic (exact) mass is 201 g/mol. The summed E-state index contributed by atoms with van der Waals surface area (Å²) in [6.45, 7) is 7.77. The Balaban J connectivity index is 4.38. The van der Waals surface area contributed by atoms with Gasteiger partial charge in [0.15, 0.2) is 0 Å². The predicted octanol–water partition coefficient (Wildman–Crippen LogP) is 1.21. The van der Waals surface area contributed by atoms with Crippen molar-refractivity contribution in [2.45, 2.75) is 27.7 Å². The van der Waals surface area contributed by atoms with E-state index in [1.165, 1.54) is 4.90 Å². The first-order valence-corrected chi connectivity index (χ1v) is 4.90. The van der Waals surface area contributed by atoms with Crippen LogP contribution in [0.4, 0.5) is 0 Å². The molecule has 0 aliphatic carbocycles. The highest BCUT2D eigenvalue weighted by Crippen LogP contribution is 2.12. The molecule has 0 saturated carbocycles. The van der Waals surface area contributed by atoms with Gasteiger partial charge < -0.3 is 10.0 Å². The minimum atomic E-state index is -0.962. The van der Waals surface area contributed by atoms with Gasteiger partial charge in [-0.05, 0) is 12.8 Å². The second kappa shape index (κ2) is 5.62. The van der Waals surface area contributed by atoms with E-state index in [1.54, 1.807) is 6.92 Å². The van der Waals surface area contributed by atoms with E-state index in [1.807, 2.05) is 20.8 Å². The summed E-state index contributed by atoms with van der Waals surface area (Å²) in [4.78, 5) is 23.6. The molecule has 0 radical (unpaired) electrons.